The Kier molecular flexibility index (Phi) is 6.33. The average molecular weight is 360 g/mol. The fraction of sp³-hybridized carbons (Fsp3) is 0.316. The van der Waals surface area contributed by atoms with Crippen LogP contribution in [-0.4, -0.2) is 27.4 Å². The minimum atomic E-state index is -3.58. The molecule has 0 atom stereocenters. The molecule has 0 aliphatic carbocycles. The van der Waals surface area contributed by atoms with E-state index in [1.807, 2.05) is 50.2 Å². The third-order valence-corrected chi connectivity index (χ3v) is 5.47. The Bertz CT molecular complexity index is 813. The van der Waals surface area contributed by atoms with Gasteiger partial charge in [-0.1, -0.05) is 36.8 Å². The van der Waals surface area contributed by atoms with Gasteiger partial charge in [-0.3, -0.25) is 4.79 Å². The highest BCUT2D eigenvalue weighted by Crippen LogP contribution is 2.15. The number of hydrogen-bond acceptors (Lipinski definition) is 3. The molecule has 1 amide bonds. The van der Waals surface area contributed by atoms with E-state index in [9.17, 15) is 13.2 Å². The average Bonchev–Trinajstić information content (AvgIpc) is 2.59. The number of nitrogens with zero attached hydrogens (tertiary/aromatic N) is 1. The Balaban J connectivity index is 2.03. The Morgan fingerprint density at radius 3 is 2.16 bits per heavy atom. The zero-order chi connectivity index (χ0) is 18.4. The molecule has 25 heavy (non-hydrogen) atoms. The minimum Gasteiger partial charge on any atom is -0.311 e. The first-order valence-corrected chi connectivity index (χ1v) is 9.75. The largest absolute Gasteiger partial charge is 0.311 e. The van der Waals surface area contributed by atoms with E-state index in [4.69, 9.17) is 0 Å². The summed E-state index contributed by atoms with van der Waals surface area (Å²) in [6, 6.07) is 14.4. The van der Waals surface area contributed by atoms with Crippen LogP contribution in [-0.2, 0) is 21.2 Å². The van der Waals surface area contributed by atoms with Crippen LogP contribution in [0.3, 0.4) is 0 Å². The molecule has 0 heterocycles. The Morgan fingerprint density at radius 1 is 1.04 bits per heavy atom. The summed E-state index contributed by atoms with van der Waals surface area (Å²) in [4.78, 5) is 13.7. The highest BCUT2D eigenvalue weighted by molar-refractivity contribution is 7.89. The first-order chi connectivity index (χ1) is 11.8. The summed E-state index contributed by atoms with van der Waals surface area (Å²) in [5.41, 5.74) is 2.94. The topological polar surface area (TPSA) is 66.5 Å². The van der Waals surface area contributed by atoms with Crippen LogP contribution >= 0.6 is 0 Å². The van der Waals surface area contributed by atoms with Crippen LogP contribution < -0.4 is 9.62 Å². The van der Waals surface area contributed by atoms with Crippen LogP contribution in [0.25, 0.3) is 0 Å². The van der Waals surface area contributed by atoms with Crippen molar-refractivity contribution in [1.82, 2.24) is 4.72 Å². The SMILES string of the molecule is CCc1ccc(S(=O)(=O)NCCN(C(C)=O)c2ccc(C)cc2)cc1. The Hall–Kier alpha value is -2.18. The molecular formula is C19H24N2O3S. The van der Waals surface area contributed by atoms with Crippen LogP contribution in [0.4, 0.5) is 5.69 Å². The van der Waals surface area contributed by atoms with E-state index in [0.717, 1.165) is 23.2 Å². The van der Waals surface area contributed by atoms with Gasteiger partial charge in [0.15, 0.2) is 0 Å². The Labute approximate surface area is 149 Å². The van der Waals surface area contributed by atoms with Crippen molar-refractivity contribution in [3.63, 3.8) is 0 Å². The summed E-state index contributed by atoms with van der Waals surface area (Å²) in [7, 11) is -3.58. The van der Waals surface area contributed by atoms with Gasteiger partial charge in [0.1, 0.15) is 0 Å². The van der Waals surface area contributed by atoms with Crippen molar-refractivity contribution < 1.29 is 13.2 Å². The summed E-state index contributed by atoms with van der Waals surface area (Å²) < 4.78 is 27.3. The number of rotatable bonds is 7. The molecule has 0 radical (unpaired) electrons. The van der Waals surface area contributed by atoms with Gasteiger partial charge >= 0.3 is 0 Å². The van der Waals surface area contributed by atoms with Crippen LogP contribution in [0.2, 0.25) is 0 Å². The van der Waals surface area contributed by atoms with Gasteiger partial charge in [0, 0.05) is 25.7 Å². The van der Waals surface area contributed by atoms with Crippen molar-refractivity contribution in [2.75, 3.05) is 18.0 Å². The normalized spacial score (nSPS) is 11.3. The zero-order valence-corrected chi connectivity index (χ0v) is 15.6. The summed E-state index contributed by atoms with van der Waals surface area (Å²) in [6.07, 6.45) is 0.859. The van der Waals surface area contributed by atoms with Crippen molar-refractivity contribution >= 4 is 21.6 Å². The van der Waals surface area contributed by atoms with Gasteiger partial charge < -0.3 is 4.90 Å². The maximum Gasteiger partial charge on any atom is 0.240 e. The van der Waals surface area contributed by atoms with Gasteiger partial charge in [-0.05, 0) is 43.2 Å². The molecule has 5 nitrogen and oxygen atoms in total. The zero-order valence-electron chi connectivity index (χ0n) is 14.8. The van der Waals surface area contributed by atoms with Gasteiger partial charge in [-0.2, -0.15) is 0 Å². The second-order valence-corrected chi connectivity index (χ2v) is 7.67. The molecule has 0 bridgehead atoms. The lowest BCUT2D eigenvalue weighted by atomic mass is 10.2. The van der Waals surface area contributed by atoms with Crippen molar-refractivity contribution in [3.8, 4) is 0 Å². The van der Waals surface area contributed by atoms with E-state index in [0.29, 0.717) is 0 Å². The fourth-order valence-electron chi connectivity index (χ4n) is 2.47. The first-order valence-electron chi connectivity index (χ1n) is 8.27. The predicted molar refractivity (Wildman–Crippen MR) is 100 cm³/mol. The quantitative estimate of drug-likeness (QED) is 0.826. The van der Waals surface area contributed by atoms with Gasteiger partial charge in [0.2, 0.25) is 15.9 Å². The number of sulfonamides is 1. The molecule has 1 N–H and O–H groups in total. The number of benzene rings is 2. The van der Waals surface area contributed by atoms with Crippen molar-refractivity contribution in [3.05, 3.63) is 59.7 Å². The van der Waals surface area contributed by atoms with Crippen LogP contribution in [0.5, 0.6) is 0 Å². The molecule has 2 aromatic rings. The molecular weight excluding hydrogens is 336 g/mol. The number of hydrogen-bond donors (Lipinski definition) is 1. The van der Waals surface area contributed by atoms with Gasteiger partial charge in [0.25, 0.3) is 0 Å². The molecule has 2 aromatic carbocycles. The number of anilines is 1. The third-order valence-electron chi connectivity index (χ3n) is 4.00. The molecule has 0 aromatic heterocycles. The van der Waals surface area contributed by atoms with Gasteiger partial charge in [0.05, 0.1) is 4.90 Å². The molecule has 6 heteroatoms. The second kappa shape index (κ2) is 8.27. The van der Waals surface area contributed by atoms with Crippen LogP contribution in [0.15, 0.2) is 53.4 Å². The highest BCUT2D eigenvalue weighted by atomic mass is 32.2. The van der Waals surface area contributed by atoms with E-state index in [1.165, 1.54) is 6.92 Å². The lowest BCUT2D eigenvalue weighted by molar-refractivity contribution is -0.116. The lowest BCUT2D eigenvalue weighted by Gasteiger charge is -2.21. The Morgan fingerprint density at radius 2 is 1.64 bits per heavy atom. The van der Waals surface area contributed by atoms with Gasteiger partial charge in [-0.25, -0.2) is 13.1 Å². The summed E-state index contributed by atoms with van der Waals surface area (Å²) in [5.74, 6) is -0.129. The molecule has 0 saturated heterocycles. The fourth-order valence-corrected chi connectivity index (χ4v) is 3.49. The first kappa shape index (κ1) is 19.1. The number of aryl methyl sites for hydroxylation is 2. The predicted octanol–water partition coefficient (Wildman–Crippen LogP) is 2.89. The number of nitrogens with one attached hydrogen (secondary N) is 1. The van der Waals surface area contributed by atoms with E-state index in [1.54, 1.807) is 17.0 Å². The lowest BCUT2D eigenvalue weighted by Crippen LogP contribution is -2.37. The molecule has 0 spiro atoms. The summed E-state index contributed by atoms with van der Waals surface area (Å²) >= 11 is 0. The van der Waals surface area contributed by atoms with Gasteiger partial charge in [-0.15, -0.1) is 0 Å². The highest BCUT2D eigenvalue weighted by Gasteiger charge is 2.16. The minimum absolute atomic E-state index is 0.129. The summed E-state index contributed by atoms with van der Waals surface area (Å²) in [6.45, 7) is 5.87. The molecule has 0 aliphatic rings. The molecule has 0 saturated carbocycles. The number of carbonyl (C=O) groups is 1. The number of carbonyl (C=O) groups excluding carboxylic acids is 1. The van der Waals surface area contributed by atoms with Crippen LogP contribution in [0, 0.1) is 6.92 Å². The third kappa shape index (κ3) is 5.14. The summed E-state index contributed by atoms with van der Waals surface area (Å²) in [5, 5.41) is 0. The molecule has 134 valence electrons. The smallest absolute Gasteiger partial charge is 0.240 e. The molecule has 0 aliphatic heterocycles. The van der Waals surface area contributed by atoms with Crippen molar-refractivity contribution in [1.29, 1.82) is 0 Å². The molecule has 0 unspecified atom stereocenters. The van der Waals surface area contributed by atoms with E-state index in [2.05, 4.69) is 4.72 Å². The maximum atomic E-state index is 12.3. The van der Waals surface area contributed by atoms with Crippen molar-refractivity contribution in [2.24, 2.45) is 0 Å². The number of amides is 1. The van der Waals surface area contributed by atoms with Crippen LogP contribution in [0.1, 0.15) is 25.0 Å². The van der Waals surface area contributed by atoms with E-state index >= 15 is 0 Å². The molecule has 0 fully saturated rings. The van der Waals surface area contributed by atoms with E-state index < -0.39 is 10.0 Å². The van der Waals surface area contributed by atoms with Crippen molar-refractivity contribution in [2.45, 2.75) is 32.1 Å². The standard InChI is InChI=1S/C19H24N2O3S/c1-4-17-7-11-19(12-8-17)25(23,24)20-13-14-21(16(3)22)18-9-5-15(2)6-10-18/h5-12,20H,4,13-14H2,1-3H3. The van der Waals surface area contributed by atoms with E-state index in [-0.39, 0.29) is 23.9 Å². The monoisotopic (exact) mass is 360 g/mol. The second-order valence-electron chi connectivity index (χ2n) is 5.90. The molecule has 2 rings (SSSR count). The maximum absolute atomic E-state index is 12.3.